The fraction of sp³-hybridized carbons (Fsp3) is 0.500. The molecule has 1 aromatic carbocycles. The molecule has 1 aliphatic carbocycles. The number of nitrogens with one attached hydrogen (secondary N) is 1. The Kier molecular flexibility index (Phi) is 5.13. The van der Waals surface area contributed by atoms with Crippen LogP contribution in [0, 0.1) is 5.41 Å². The maximum Gasteiger partial charge on any atom is 0.230 e. The summed E-state index contributed by atoms with van der Waals surface area (Å²) in [6.07, 6.45) is 2.03. The highest BCUT2D eigenvalue weighted by Gasteiger charge is 2.41. The van der Waals surface area contributed by atoms with Crippen molar-refractivity contribution in [1.29, 1.82) is 0 Å². The van der Waals surface area contributed by atoms with E-state index >= 15 is 0 Å². The van der Waals surface area contributed by atoms with Crippen LogP contribution in [0.1, 0.15) is 18.4 Å². The van der Waals surface area contributed by atoms with Gasteiger partial charge in [0.2, 0.25) is 5.91 Å². The lowest BCUT2D eigenvalue weighted by molar-refractivity contribution is -0.118. The van der Waals surface area contributed by atoms with E-state index in [1.54, 1.807) is 11.8 Å². The molecule has 1 saturated carbocycles. The molecule has 3 nitrogen and oxygen atoms in total. The Bertz CT molecular complexity index is 449. The molecule has 0 aliphatic heterocycles. The Hall–Kier alpha value is -0.710. The number of hydrogen-bond donors (Lipinski definition) is 2. The molecule has 0 bridgehead atoms. The van der Waals surface area contributed by atoms with E-state index in [-0.39, 0.29) is 17.9 Å². The van der Waals surface area contributed by atoms with Gasteiger partial charge in [-0.15, -0.1) is 11.8 Å². The van der Waals surface area contributed by atoms with Gasteiger partial charge in [-0.25, -0.2) is 0 Å². The first-order chi connectivity index (χ1) is 9.13. The number of hydrogen-bond acceptors (Lipinski definition) is 3. The van der Waals surface area contributed by atoms with E-state index < -0.39 is 0 Å². The van der Waals surface area contributed by atoms with E-state index in [2.05, 4.69) is 5.32 Å². The molecule has 0 saturated heterocycles. The normalized spacial score (nSPS) is 16.1. The highest BCUT2D eigenvalue weighted by atomic mass is 35.5. The van der Waals surface area contributed by atoms with Crippen LogP contribution in [-0.2, 0) is 10.5 Å². The maximum absolute atomic E-state index is 11.7. The van der Waals surface area contributed by atoms with Crippen LogP contribution >= 0.6 is 23.4 Å². The summed E-state index contributed by atoms with van der Waals surface area (Å²) in [6, 6.07) is 7.67. The van der Waals surface area contributed by atoms with Gasteiger partial charge in [0.15, 0.2) is 0 Å². The summed E-state index contributed by atoms with van der Waals surface area (Å²) in [4.78, 5) is 11.7. The van der Waals surface area contributed by atoms with Crippen molar-refractivity contribution in [1.82, 2.24) is 5.32 Å². The molecule has 2 rings (SSSR count). The highest BCUT2D eigenvalue weighted by molar-refractivity contribution is 7.99. The van der Waals surface area contributed by atoms with Gasteiger partial charge in [0.05, 0.1) is 12.4 Å². The van der Waals surface area contributed by atoms with E-state index in [0.717, 1.165) is 29.2 Å². The van der Waals surface area contributed by atoms with Crippen molar-refractivity contribution in [3.05, 3.63) is 34.9 Å². The van der Waals surface area contributed by atoms with Crippen LogP contribution < -0.4 is 5.32 Å². The number of aliphatic hydroxyl groups is 1. The molecule has 104 valence electrons. The van der Waals surface area contributed by atoms with Gasteiger partial charge < -0.3 is 10.4 Å². The van der Waals surface area contributed by atoms with Gasteiger partial charge in [0, 0.05) is 22.7 Å². The average Bonchev–Trinajstić information content (AvgIpc) is 3.17. The van der Waals surface area contributed by atoms with Gasteiger partial charge in [0.1, 0.15) is 0 Å². The van der Waals surface area contributed by atoms with Gasteiger partial charge in [-0.05, 0) is 30.5 Å². The first-order valence-corrected chi connectivity index (χ1v) is 7.87. The van der Waals surface area contributed by atoms with Crippen molar-refractivity contribution in [2.24, 2.45) is 5.41 Å². The number of benzene rings is 1. The van der Waals surface area contributed by atoms with Crippen LogP contribution in [0.4, 0.5) is 0 Å². The van der Waals surface area contributed by atoms with Crippen molar-refractivity contribution in [3.8, 4) is 0 Å². The molecule has 19 heavy (non-hydrogen) atoms. The Morgan fingerprint density at radius 1 is 1.47 bits per heavy atom. The lowest BCUT2D eigenvalue weighted by atomic mass is 10.1. The number of aliphatic hydroxyl groups excluding tert-OH is 1. The third-order valence-electron chi connectivity index (χ3n) is 3.34. The molecule has 2 N–H and O–H groups in total. The summed E-state index contributed by atoms with van der Waals surface area (Å²) in [7, 11) is 0. The molecule has 0 heterocycles. The summed E-state index contributed by atoms with van der Waals surface area (Å²) in [5, 5.41) is 12.8. The number of carbonyl (C=O) groups is 1. The number of halogens is 1. The second-order valence-electron chi connectivity index (χ2n) is 5.06. The van der Waals surface area contributed by atoms with Crippen LogP contribution in [-0.4, -0.2) is 29.9 Å². The van der Waals surface area contributed by atoms with Gasteiger partial charge in [-0.1, -0.05) is 23.7 Å². The van der Waals surface area contributed by atoms with Crippen LogP contribution in [0.2, 0.25) is 5.02 Å². The quantitative estimate of drug-likeness (QED) is 0.813. The Labute approximate surface area is 122 Å². The maximum atomic E-state index is 11.7. The molecular formula is C14H18ClNO2S. The molecule has 1 aliphatic rings. The van der Waals surface area contributed by atoms with Crippen LogP contribution in [0.25, 0.3) is 0 Å². The minimum Gasteiger partial charge on any atom is -0.396 e. The van der Waals surface area contributed by atoms with Gasteiger partial charge in [-0.2, -0.15) is 0 Å². The standard InChI is InChI=1S/C14H18ClNO2S/c15-12-3-1-2-11(6-12)7-19-8-13(18)16-9-14(10-17)4-5-14/h1-3,6,17H,4-5,7-10H2,(H,16,18). The number of thioether (sulfide) groups is 1. The third-order valence-corrected chi connectivity index (χ3v) is 4.58. The van der Waals surface area contributed by atoms with Gasteiger partial charge in [0.25, 0.3) is 0 Å². The molecule has 5 heteroatoms. The molecule has 0 radical (unpaired) electrons. The lowest BCUT2D eigenvalue weighted by Crippen LogP contribution is -2.33. The molecule has 1 fully saturated rings. The number of rotatable bonds is 7. The molecule has 0 spiro atoms. The summed E-state index contributed by atoms with van der Waals surface area (Å²) in [5.41, 5.74) is 1.10. The Balaban J connectivity index is 1.64. The molecule has 1 amide bonds. The molecule has 0 unspecified atom stereocenters. The van der Waals surface area contributed by atoms with Gasteiger partial charge in [-0.3, -0.25) is 4.79 Å². The van der Waals surface area contributed by atoms with Crippen molar-refractivity contribution in [2.45, 2.75) is 18.6 Å². The highest BCUT2D eigenvalue weighted by Crippen LogP contribution is 2.44. The van der Waals surface area contributed by atoms with E-state index in [4.69, 9.17) is 16.7 Å². The zero-order chi connectivity index (χ0) is 13.7. The first kappa shape index (κ1) is 14.7. The molecule has 0 atom stereocenters. The summed E-state index contributed by atoms with van der Waals surface area (Å²) in [6.45, 7) is 0.767. The third kappa shape index (κ3) is 4.71. The fourth-order valence-corrected chi connectivity index (χ4v) is 2.81. The van der Waals surface area contributed by atoms with E-state index in [1.165, 1.54) is 0 Å². The Morgan fingerprint density at radius 3 is 2.89 bits per heavy atom. The first-order valence-electron chi connectivity index (χ1n) is 6.33. The fourth-order valence-electron chi connectivity index (χ4n) is 1.79. The van der Waals surface area contributed by atoms with Crippen LogP contribution in [0.3, 0.4) is 0 Å². The summed E-state index contributed by atoms with van der Waals surface area (Å²) >= 11 is 7.47. The zero-order valence-corrected chi connectivity index (χ0v) is 12.3. The predicted octanol–water partition coefficient (Wildman–Crippen LogP) is 2.46. The number of amides is 1. The molecule has 0 aromatic heterocycles. The number of carbonyl (C=O) groups excluding carboxylic acids is 1. The average molecular weight is 300 g/mol. The lowest BCUT2D eigenvalue weighted by Gasteiger charge is -2.12. The molecule has 1 aromatic rings. The molecular weight excluding hydrogens is 282 g/mol. The zero-order valence-electron chi connectivity index (χ0n) is 10.7. The second kappa shape index (κ2) is 6.64. The van der Waals surface area contributed by atoms with Crippen LogP contribution in [0.15, 0.2) is 24.3 Å². The minimum absolute atomic E-state index is 0.0206. The smallest absolute Gasteiger partial charge is 0.230 e. The largest absolute Gasteiger partial charge is 0.396 e. The van der Waals surface area contributed by atoms with Crippen LogP contribution in [0.5, 0.6) is 0 Å². The summed E-state index contributed by atoms with van der Waals surface area (Å²) < 4.78 is 0. The van der Waals surface area contributed by atoms with E-state index in [1.807, 2.05) is 24.3 Å². The summed E-state index contributed by atoms with van der Waals surface area (Å²) in [5.74, 6) is 1.25. The second-order valence-corrected chi connectivity index (χ2v) is 6.48. The van der Waals surface area contributed by atoms with Gasteiger partial charge >= 0.3 is 0 Å². The minimum atomic E-state index is -0.0206. The van der Waals surface area contributed by atoms with E-state index in [9.17, 15) is 4.79 Å². The van der Waals surface area contributed by atoms with Crippen molar-refractivity contribution in [3.63, 3.8) is 0 Å². The van der Waals surface area contributed by atoms with Crippen molar-refractivity contribution < 1.29 is 9.90 Å². The predicted molar refractivity (Wildman–Crippen MR) is 79.4 cm³/mol. The van der Waals surface area contributed by atoms with E-state index in [0.29, 0.717) is 12.3 Å². The SMILES string of the molecule is O=C(CSCc1cccc(Cl)c1)NCC1(CO)CC1. The topological polar surface area (TPSA) is 49.3 Å². The monoisotopic (exact) mass is 299 g/mol. The Morgan fingerprint density at radius 2 is 2.26 bits per heavy atom. The van der Waals surface area contributed by atoms with Crippen molar-refractivity contribution in [2.75, 3.05) is 18.9 Å². The van der Waals surface area contributed by atoms with Crippen molar-refractivity contribution >= 4 is 29.3 Å².